The maximum Gasteiger partial charge on any atom is 0.255 e. The first-order valence-electron chi connectivity index (χ1n) is 5.28. The number of rotatable bonds is 6. The van der Waals surface area contributed by atoms with E-state index in [2.05, 4.69) is 9.97 Å². The Balaban J connectivity index is 2.88. The molecule has 1 heterocycles. The Bertz CT molecular complexity index is 345. The molecule has 17 heavy (non-hydrogen) atoms. The first-order chi connectivity index (χ1) is 8.04. The molecule has 1 aromatic heterocycles. The first kappa shape index (κ1) is 13.6. The number of aromatic nitrogens is 2. The molecule has 0 aliphatic rings. The predicted molar refractivity (Wildman–Crippen MR) is 63.6 cm³/mol. The largest absolute Gasteiger partial charge is 0.349 e. The Kier molecular flexibility index (Phi) is 5.02. The van der Waals surface area contributed by atoms with Gasteiger partial charge in [0, 0.05) is 33.4 Å². The zero-order chi connectivity index (χ0) is 12.8. The lowest BCUT2D eigenvalue weighted by Crippen LogP contribution is -2.34. The third kappa shape index (κ3) is 4.10. The van der Waals surface area contributed by atoms with Gasteiger partial charge in [0.25, 0.3) is 6.43 Å². The number of alkyl halides is 2. The number of nitrogens with two attached hydrogens (primary N) is 1. The molecule has 0 aliphatic heterocycles. The van der Waals surface area contributed by atoms with Gasteiger partial charge in [0.05, 0.1) is 6.54 Å². The fraction of sp³-hybridized carbons (Fsp3) is 0.600. The van der Waals surface area contributed by atoms with Gasteiger partial charge in [0.2, 0.25) is 5.95 Å². The van der Waals surface area contributed by atoms with Crippen LogP contribution in [-0.2, 0) is 0 Å². The maximum atomic E-state index is 12.4. The molecule has 96 valence electrons. The summed E-state index contributed by atoms with van der Waals surface area (Å²) in [6, 6.07) is 1.60. The number of hydrogen-bond donors (Lipinski definition) is 1. The van der Waals surface area contributed by atoms with Crippen LogP contribution in [0.5, 0.6) is 0 Å². The van der Waals surface area contributed by atoms with Crippen molar-refractivity contribution in [3.63, 3.8) is 0 Å². The van der Waals surface area contributed by atoms with E-state index in [4.69, 9.17) is 5.73 Å². The van der Waals surface area contributed by atoms with E-state index in [1.165, 1.54) is 4.90 Å². The molecular formula is C10H17F2N5. The standard InChI is InChI=1S/C10H17F2N5/c1-16(2)10-14-5-3-9(15-10)17(6-4-13)7-8(11)12/h3,5,8H,4,6-7,13H2,1-2H3. The molecule has 0 saturated heterocycles. The van der Waals surface area contributed by atoms with Crippen LogP contribution >= 0.6 is 0 Å². The second-order valence-corrected chi connectivity index (χ2v) is 3.74. The van der Waals surface area contributed by atoms with Crippen molar-refractivity contribution < 1.29 is 8.78 Å². The molecule has 7 heteroatoms. The molecule has 0 bridgehead atoms. The quantitative estimate of drug-likeness (QED) is 0.794. The predicted octanol–water partition coefficient (Wildman–Crippen LogP) is 0.573. The van der Waals surface area contributed by atoms with Crippen molar-refractivity contribution in [1.29, 1.82) is 0 Å². The van der Waals surface area contributed by atoms with Crippen LogP contribution in [0.25, 0.3) is 0 Å². The summed E-state index contributed by atoms with van der Waals surface area (Å²) in [7, 11) is 3.58. The van der Waals surface area contributed by atoms with Crippen molar-refractivity contribution in [1.82, 2.24) is 9.97 Å². The molecule has 1 rings (SSSR count). The monoisotopic (exact) mass is 245 g/mol. The van der Waals surface area contributed by atoms with Gasteiger partial charge in [-0.15, -0.1) is 0 Å². The second-order valence-electron chi connectivity index (χ2n) is 3.74. The van der Waals surface area contributed by atoms with E-state index in [0.29, 0.717) is 24.9 Å². The molecule has 0 fully saturated rings. The summed E-state index contributed by atoms with van der Waals surface area (Å²) < 4.78 is 24.8. The number of anilines is 2. The summed E-state index contributed by atoms with van der Waals surface area (Å²) in [5, 5.41) is 0. The van der Waals surface area contributed by atoms with Crippen LogP contribution in [0, 0.1) is 0 Å². The minimum absolute atomic E-state index is 0.300. The average molecular weight is 245 g/mol. The fourth-order valence-electron chi connectivity index (χ4n) is 1.35. The normalized spacial score (nSPS) is 10.7. The lowest BCUT2D eigenvalue weighted by atomic mass is 10.4. The Labute approximate surface area is 99.3 Å². The number of halogens is 2. The van der Waals surface area contributed by atoms with Crippen molar-refractivity contribution in [2.24, 2.45) is 5.73 Å². The number of hydrogen-bond acceptors (Lipinski definition) is 5. The molecule has 1 aromatic rings. The molecular weight excluding hydrogens is 228 g/mol. The molecule has 0 unspecified atom stereocenters. The summed E-state index contributed by atoms with van der Waals surface area (Å²) in [4.78, 5) is 11.4. The van der Waals surface area contributed by atoms with Crippen LogP contribution < -0.4 is 15.5 Å². The van der Waals surface area contributed by atoms with E-state index >= 15 is 0 Å². The smallest absolute Gasteiger partial charge is 0.255 e. The Hall–Kier alpha value is -1.50. The summed E-state index contributed by atoms with van der Waals surface area (Å²) >= 11 is 0. The van der Waals surface area contributed by atoms with Crippen LogP contribution in [0.2, 0.25) is 0 Å². The van der Waals surface area contributed by atoms with Gasteiger partial charge in [-0.2, -0.15) is 4.98 Å². The van der Waals surface area contributed by atoms with Gasteiger partial charge < -0.3 is 15.5 Å². The molecule has 0 aliphatic carbocycles. The SMILES string of the molecule is CN(C)c1nccc(N(CCN)CC(F)F)n1. The molecule has 0 radical (unpaired) electrons. The van der Waals surface area contributed by atoms with E-state index in [1.54, 1.807) is 31.3 Å². The van der Waals surface area contributed by atoms with Crippen LogP contribution in [0.15, 0.2) is 12.3 Å². The highest BCUT2D eigenvalue weighted by Gasteiger charge is 2.14. The first-order valence-corrected chi connectivity index (χ1v) is 5.28. The molecule has 0 aromatic carbocycles. The molecule has 0 spiro atoms. The van der Waals surface area contributed by atoms with Crippen LogP contribution in [-0.4, -0.2) is 50.1 Å². The highest BCUT2D eigenvalue weighted by molar-refractivity contribution is 5.43. The molecule has 0 saturated carbocycles. The molecule has 5 nitrogen and oxygen atoms in total. The van der Waals surface area contributed by atoms with Gasteiger partial charge in [-0.3, -0.25) is 0 Å². The molecule has 0 amide bonds. The minimum atomic E-state index is -2.42. The average Bonchev–Trinajstić information content (AvgIpc) is 2.28. The van der Waals surface area contributed by atoms with Crippen molar-refractivity contribution >= 4 is 11.8 Å². The Morgan fingerprint density at radius 3 is 2.65 bits per heavy atom. The van der Waals surface area contributed by atoms with Gasteiger partial charge in [0.1, 0.15) is 5.82 Å². The minimum Gasteiger partial charge on any atom is -0.349 e. The van der Waals surface area contributed by atoms with Crippen LogP contribution in [0.1, 0.15) is 0 Å². The van der Waals surface area contributed by atoms with Crippen molar-refractivity contribution in [3.8, 4) is 0 Å². The highest BCUT2D eigenvalue weighted by atomic mass is 19.3. The topological polar surface area (TPSA) is 58.3 Å². The zero-order valence-corrected chi connectivity index (χ0v) is 9.98. The summed E-state index contributed by atoms with van der Waals surface area (Å²) in [6.45, 7) is 0.267. The van der Waals surface area contributed by atoms with Gasteiger partial charge >= 0.3 is 0 Å². The maximum absolute atomic E-state index is 12.4. The van der Waals surface area contributed by atoms with E-state index < -0.39 is 6.43 Å². The summed E-state index contributed by atoms with van der Waals surface area (Å²) in [5.74, 6) is 0.952. The van der Waals surface area contributed by atoms with Crippen molar-refractivity contribution in [2.75, 3.05) is 43.5 Å². The van der Waals surface area contributed by atoms with E-state index in [9.17, 15) is 8.78 Å². The summed E-state index contributed by atoms with van der Waals surface area (Å²) in [5.41, 5.74) is 5.40. The van der Waals surface area contributed by atoms with Crippen LogP contribution in [0.3, 0.4) is 0 Å². The highest BCUT2D eigenvalue weighted by Crippen LogP contribution is 2.14. The lowest BCUT2D eigenvalue weighted by molar-refractivity contribution is 0.155. The van der Waals surface area contributed by atoms with Gasteiger partial charge in [-0.05, 0) is 6.07 Å². The summed E-state index contributed by atoms with van der Waals surface area (Å²) in [6.07, 6.45) is -0.869. The molecule has 0 atom stereocenters. The van der Waals surface area contributed by atoms with Gasteiger partial charge in [-0.25, -0.2) is 13.8 Å². The number of nitrogens with zero attached hydrogens (tertiary/aromatic N) is 4. The van der Waals surface area contributed by atoms with E-state index in [0.717, 1.165) is 0 Å². The second kappa shape index (κ2) is 6.29. The fourth-order valence-corrected chi connectivity index (χ4v) is 1.35. The van der Waals surface area contributed by atoms with E-state index in [1.807, 2.05) is 0 Å². The Morgan fingerprint density at radius 1 is 1.41 bits per heavy atom. The lowest BCUT2D eigenvalue weighted by Gasteiger charge is -2.23. The molecule has 2 N–H and O–H groups in total. The van der Waals surface area contributed by atoms with Crippen LogP contribution in [0.4, 0.5) is 20.5 Å². The van der Waals surface area contributed by atoms with Gasteiger partial charge in [-0.1, -0.05) is 0 Å². The van der Waals surface area contributed by atoms with Crippen molar-refractivity contribution in [3.05, 3.63) is 12.3 Å². The van der Waals surface area contributed by atoms with Crippen molar-refractivity contribution in [2.45, 2.75) is 6.43 Å². The zero-order valence-electron chi connectivity index (χ0n) is 9.98. The third-order valence-electron chi connectivity index (χ3n) is 2.11. The van der Waals surface area contributed by atoms with E-state index in [-0.39, 0.29) is 6.54 Å². The third-order valence-corrected chi connectivity index (χ3v) is 2.11. The van der Waals surface area contributed by atoms with Gasteiger partial charge in [0.15, 0.2) is 0 Å². The Morgan fingerprint density at radius 2 is 2.12 bits per heavy atom.